The smallest absolute Gasteiger partial charge is 0.343 e. The molecule has 2 aromatic heterocycles. The summed E-state index contributed by atoms with van der Waals surface area (Å²) in [5.41, 5.74) is 3.18. The number of aromatic nitrogens is 3. The van der Waals surface area contributed by atoms with Crippen LogP contribution in [0.3, 0.4) is 0 Å². The number of anilines is 1. The minimum atomic E-state index is -0.480. The summed E-state index contributed by atoms with van der Waals surface area (Å²) in [5.74, 6) is -0.312. The molecule has 1 aromatic carbocycles. The van der Waals surface area contributed by atoms with Gasteiger partial charge in [0.15, 0.2) is 12.3 Å². The summed E-state index contributed by atoms with van der Waals surface area (Å²) in [7, 11) is 3.11. The summed E-state index contributed by atoms with van der Waals surface area (Å²) < 4.78 is 11.6. The van der Waals surface area contributed by atoms with E-state index < -0.39 is 5.97 Å². The molecule has 0 aliphatic heterocycles. The highest BCUT2D eigenvalue weighted by atomic mass is 16.6. The van der Waals surface area contributed by atoms with Crippen LogP contribution in [0.15, 0.2) is 30.3 Å². The molecule has 0 atom stereocenters. The Bertz CT molecular complexity index is 1030. The summed E-state index contributed by atoms with van der Waals surface area (Å²) in [6.45, 7) is 3.46. The molecule has 0 saturated heterocycles. The number of aryl methyl sites for hydroxylation is 3. The molecule has 1 amide bonds. The van der Waals surface area contributed by atoms with Gasteiger partial charge in [0.25, 0.3) is 5.91 Å². The normalized spacial score (nSPS) is 10.7. The molecule has 140 valence electrons. The maximum atomic E-state index is 12.7. The Morgan fingerprint density at radius 1 is 1.19 bits per heavy atom. The third-order valence-corrected chi connectivity index (χ3v) is 4.11. The number of carbonyl (C=O) groups is 2. The number of benzene rings is 1. The van der Waals surface area contributed by atoms with Crippen LogP contribution >= 0.6 is 0 Å². The molecule has 27 heavy (non-hydrogen) atoms. The molecule has 0 radical (unpaired) electrons. The number of esters is 1. The Labute approximate surface area is 156 Å². The van der Waals surface area contributed by atoms with E-state index in [0.29, 0.717) is 22.7 Å². The molecule has 0 spiro atoms. The number of ether oxygens (including phenoxy) is 2. The van der Waals surface area contributed by atoms with Gasteiger partial charge in [-0.3, -0.25) is 9.48 Å². The van der Waals surface area contributed by atoms with Crippen LogP contribution in [0, 0.1) is 13.8 Å². The molecule has 3 rings (SSSR count). The Morgan fingerprint density at radius 3 is 2.70 bits per heavy atom. The molecule has 0 fully saturated rings. The fourth-order valence-electron chi connectivity index (χ4n) is 2.72. The third-order valence-electron chi connectivity index (χ3n) is 4.11. The molecule has 0 aliphatic rings. The van der Waals surface area contributed by atoms with Gasteiger partial charge < -0.3 is 14.8 Å². The standard InChI is InChI=1S/C19H20N4O4/c1-11-16(9-15-12(2)22-23(3)18(15)20-11)19(25)21-13-6-5-7-14(8-13)27-10-17(24)26-4/h5-9H,10H2,1-4H3,(H,21,25). The van der Waals surface area contributed by atoms with Crippen LogP contribution in [-0.4, -0.2) is 40.4 Å². The zero-order valence-corrected chi connectivity index (χ0v) is 15.6. The van der Waals surface area contributed by atoms with Gasteiger partial charge in [0.2, 0.25) is 0 Å². The summed E-state index contributed by atoms with van der Waals surface area (Å²) in [6.07, 6.45) is 0. The number of rotatable bonds is 5. The Balaban J connectivity index is 1.81. The first-order valence-corrected chi connectivity index (χ1v) is 8.31. The molecule has 0 unspecified atom stereocenters. The van der Waals surface area contributed by atoms with Gasteiger partial charge in [-0.2, -0.15) is 5.10 Å². The van der Waals surface area contributed by atoms with E-state index in [1.165, 1.54) is 7.11 Å². The highest BCUT2D eigenvalue weighted by Gasteiger charge is 2.16. The van der Waals surface area contributed by atoms with E-state index in [1.807, 2.05) is 14.0 Å². The number of nitrogens with zero attached hydrogens (tertiary/aromatic N) is 3. The van der Waals surface area contributed by atoms with E-state index in [1.54, 1.807) is 41.9 Å². The zero-order chi connectivity index (χ0) is 19.6. The van der Waals surface area contributed by atoms with Crippen molar-refractivity contribution in [3.63, 3.8) is 0 Å². The molecule has 8 nitrogen and oxygen atoms in total. The lowest BCUT2D eigenvalue weighted by Gasteiger charge is -2.10. The van der Waals surface area contributed by atoms with E-state index >= 15 is 0 Å². The molecule has 1 N–H and O–H groups in total. The predicted molar refractivity (Wildman–Crippen MR) is 99.9 cm³/mol. The average Bonchev–Trinajstić information content (AvgIpc) is 2.92. The Hall–Kier alpha value is -3.42. The van der Waals surface area contributed by atoms with E-state index in [2.05, 4.69) is 20.1 Å². The Morgan fingerprint density at radius 2 is 1.96 bits per heavy atom. The molecule has 0 aliphatic carbocycles. The first kappa shape index (κ1) is 18.4. The minimum absolute atomic E-state index is 0.201. The topological polar surface area (TPSA) is 95.3 Å². The van der Waals surface area contributed by atoms with E-state index in [9.17, 15) is 9.59 Å². The lowest BCUT2D eigenvalue weighted by molar-refractivity contribution is -0.142. The largest absolute Gasteiger partial charge is 0.482 e. The van der Waals surface area contributed by atoms with Gasteiger partial charge in [-0.25, -0.2) is 9.78 Å². The maximum absolute atomic E-state index is 12.7. The third kappa shape index (κ3) is 3.89. The predicted octanol–water partition coefficient (Wildman–Crippen LogP) is 2.39. The first-order chi connectivity index (χ1) is 12.9. The van der Waals surface area contributed by atoms with Gasteiger partial charge in [-0.05, 0) is 32.0 Å². The lowest BCUT2D eigenvalue weighted by Crippen LogP contribution is -2.15. The van der Waals surface area contributed by atoms with Gasteiger partial charge in [0.05, 0.1) is 24.1 Å². The molecule has 2 heterocycles. The summed E-state index contributed by atoms with van der Waals surface area (Å²) in [4.78, 5) is 28.4. The lowest BCUT2D eigenvalue weighted by atomic mass is 10.1. The van der Waals surface area contributed by atoms with Crippen LogP contribution in [0.4, 0.5) is 5.69 Å². The average molecular weight is 368 g/mol. The summed E-state index contributed by atoms with van der Waals surface area (Å²) in [5, 5.41) is 8.00. The Kier molecular flexibility index (Phi) is 5.07. The van der Waals surface area contributed by atoms with Crippen molar-refractivity contribution in [1.82, 2.24) is 14.8 Å². The van der Waals surface area contributed by atoms with E-state index in [0.717, 1.165) is 16.7 Å². The van der Waals surface area contributed by atoms with Crippen LogP contribution in [0.25, 0.3) is 11.0 Å². The van der Waals surface area contributed by atoms with Gasteiger partial charge in [-0.1, -0.05) is 6.07 Å². The van der Waals surface area contributed by atoms with Crippen molar-refractivity contribution >= 4 is 28.6 Å². The second-order valence-electron chi connectivity index (χ2n) is 6.05. The fourth-order valence-corrected chi connectivity index (χ4v) is 2.72. The van der Waals surface area contributed by atoms with Crippen LogP contribution in [-0.2, 0) is 16.6 Å². The van der Waals surface area contributed by atoms with Gasteiger partial charge in [-0.15, -0.1) is 0 Å². The number of hydrogen-bond donors (Lipinski definition) is 1. The second kappa shape index (κ2) is 7.45. The fraction of sp³-hybridized carbons (Fsp3) is 0.263. The van der Waals surface area contributed by atoms with Gasteiger partial charge in [0.1, 0.15) is 5.75 Å². The molecule has 3 aromatic rings. The zero-order valence-electron chi connectivity index (χ0n) is 15.6. The van der Waals surface area contributed by atoms with Crippen molar-refractivity contribution in [2.45, 2.75) is 13.8 Å². The number of methoxy groups -OCH3 is 1. The molecular formula is C19H20N4O4. The number of pyridine rings is 1. The maximum Gasteiger partial charge on any atom is 0.343 e. The van der Waals surface area contributed by atoms with E-state index in [4.69, 9.17) is 4.74 Å². The van der Waals surface area contributed by atoms with Crippen molar-refractivity contribution in [1.29, 1.82) is 0 Å². The monoisotopic (exact) mass is 368 g/mol. The van der Waals surface area contributed by atoms with Crippen molar-refractivity contribution in [3.8, 4) is 5.75 Å². The number of amides is 1. The molecule has 8 heteroatoms. The first-order valence-electron chi connectivity index (χ1n) is 8.31. The quantitative estimate of drug-likeness (QED) is 0.695. The highest BCUT2D eigenvalue weighted by molar-refractivity contribution is 6.06. The SMILES string of the molecule is COC(=O)COc1cccc(NC(=O)c2cc3c(C)nn(C)c3nc2C)c1. The molecule has 0 bridgehead atoms. The number of hydrogen-bond acceptors (Lipinski definition) is 6. The minimum Gasteiger partial charge on any atom is -0.482 e. The van der Waals surface area contributed by atoms with Crippen LogP contribution in [0.2, 0.25) is 0 Å². The van der Waals surface area contributed by atoms with Crippen molar-refractivity contribution < 1.29 is 19.1 Å². The van der Waals surface area contributed by atoms with Crippen molar-refractivity contribution in [2.75, 3.05) is 19.0 Å². The van der Waals surface area contributed by atoms with Crippen LogP contribution in [0.5, 0.6) is 5.75 Å². The second-order valence-corrected chi connectivity index (χ2v) is 6.05. The summed E-state index contributed by atoms with van der Waals surface area (Å²) in [6, 6.07) is 8.59. The van der Waals surface area contributed by atoms with Crippen molar-refractivity contribution in [2.24, 2.45) is 7.05 Å². The molecule has 0 saturated carbocycles. The molecular weight excluding hydrogens is 348 g/mol. The van der Waals surface area contributed by atoms with Crippen LogP contribution in [0.1, 0.15) is 21.7 Å². The van der Waals surface area contributed by atoms with Crippen molar-refractivity contribution in [3.05, 3.63) is 47.3 Å². The van der Waals surface area contributed by atoms with Gasteiger partial charge >= 0.3 is 5.97 Å². The number of nitrogens with one attached hydrogen (secondary N) is 1. The van der Waals surface area contributed by atoms with E-state index in [-0.39, 0.29) is 12.5 Å². The van der Waals surface area contributed by atoms with Crippen LogP contribution < -0.4 is 10.1 Å². The highest BCUT2D eigenvalue weighted by Crippen LogP contribution is 2.22. The van der Waals surface area contributed by atoms with Gasteiger partial charge in [0, 0.05) is 24.2 Å². The summed E-state index contributed by atoms with van der Waals surface area (Å²) >= 11 is 0. The number of fused-ring (bicyclic) bond motifs is 1. The number of carbonyl (C=O) groups excluding carboxylic acids is 2.